The topological polar surface area (TPSA) is 81.2 Å². The number of benzene rings is 2. The molecule has 2 aliphatic rings. The molecule has 7 heteroatoms. The third-order valence-corrected chi connectivity index (χ3v) is 5.96. The van der Waals surface area contributed by atoms with Crippen molar-refractivity contribution in [1.82, 2.24) is 0 Å². The van der Waals surface area contributed by atoms with Crippen molar-refractivity contribution in [2.45, 2.75) is 45.6 Å². The second kappa shape index (κ2) is 8.41. The minimum absolute atomic E-state index is 0.00803. The van der Waals surface area contributed by atoms with Crippen molar-refractivity contribution in [3.63, 3.8) is 0 Å². The Morgan fingerprint density at radius 3 is 2.39 bits per heavy atom. The first kappa shape index (κ1) is 20.9. The maximum absolute atomic E-state index is 12.7. The van der Waals surface area contributed by atoms with Gasteiger partial charge in [0.15, 0.2) is 0 Å². The molecule has 3 amide bonds. The van der Waals surface area contributed by atoms with Gasteiger partial charge in [0.25, 0.3) is 0 Å². The predicted octanol–water partition coefficient (Wildman–Crippen LogP) is 4.50. The van der Waals surface area contributed by atoms with Crippen LogP contribution in [0.1, 0.15) is 39.5 Å². The van der Waals surface area contributed by atoms with Crippen LogP contribution in [0.15, 0.2) is 42.5 Å². The van der Waals surface area contributed by atoms with Crippen LogP contribution in [-0.4, -0.2) is 42.1 Å². The van der Waals surface area contributed by atoms with Gasteiger partial charge in [-0.3, -0.25) is 14.5 Å². The van der Waals surface area contributed by atoms with Crippen molar-refractivity contribution in [3.05, 3.63) is 42.5 Å². The number of fused-ring (bicyclic) bond motifs is 1. The van der Waals surface area contributed by atoms with E-state index < -0.39 is 6.09 Å². The molecular formula is C24H27N3O4. The first-order chi connectivity index (χ1) is 14.9. The Morgan fingerprint density at radius 2 is 1.77 bits per heavy atom. The molecule has 0 aromatic heterocycles. The Labute approximate surface area is 181 Å². The minimum Gasteiger partial charge on any atom is -0.465 e. The summed E-state index contributed by atoms with van der Waals surface area (Å²) >= 11 is 0. The van der Waals surface area contributed by atoms with Crippen LogP contribution in [0.3, 0.4) is 0 Å². The number of amides is 3. The van der Waals surface area contributed by atoms with E-state index in [1.807, 2.05) is 56.3 Å². The van der Waals surface area contributed by atoms with Crippen LogP contribution in [0.25, 0.3) is 11.1 Å². The van der Waals surface area contributed by atoms with E-state index in [0.29, 0.717) is 24.2 Å². The van der Waals surface area contributed by atoms with E-state index in [9.17, 15) is 19.5 Å². The van der Waals surface area contributed by atoms with E-state index >= 15 is 0 Å². The molecule has 1 atom stereocenters. The predicted molar refractivity (Wildman–Crippen MR) is 121 cm³/mol. The lowest BCUT2D eigenvalue weighted by Crippen LogP contribution is -2.51. The van der Waals surface area contributed by atoms with Gasteiger partial charge < -0.3 is 14.9 Å². The van der Waals surface area contributed by atoms with Gasteiger partial charge in [-0.2, -0.15) is 0 Å². The molecule has 31 heavy (non-hydrogen) atoms. The molecule has 2 aliphatic heterocycles. The van der Waals surface area contributed by atoms with Crippen LogP contribution in [0.4, 0.5) is 21.9 Å². The molecule has 2 heterocycles. The largest absolute Gasteiger partial charge is 0.465 e. The van der Waals surface area contributed by atoms with Crippen molar-refractivity contribution in [2.24, 2.45) is 0 Å². The van der Waals surface area contributed by atoms with Crippen molar-refractivity contribution in [3.8, 4) is 11.1 Å². The van der Waals surface area contributed by atoms with Gasteiger partial charge in [-0.25, -0.2) is 4.79 Å². The summed E-state index contributed by atoms with van der Waals surface area (Å²) in [5, 5.41) is 9.76. The number of carboxylic acid groups (broad SMARTS) is 1. The highest BCUT2D eigenvalue weighted by molar-refractivity contribution is 6.03. The first-order valence-electron chi connectivity index (χ1n) is 10.8. The lowest BCUT2D eigenvalue weighted by atomic mass is 10.00. The molecule has 0 bridgehead atoms. The molecule has 4 rings (SSSR count). The molecule has 162 valence electrons. The van der Waals surface area contributed by atoms with E-state index in [4.69, 9.17) is 0 Å². The second-order valence-electron chi connectivity index (χ2n) is 8.16. The summed E-state index contributed by atoms with van der Waals surface area (Å²) in [6.07, 6.45) is 1.60. The molecule has 0 spiro atoms. The van der Waals surface area contributed by atoms with E-state index in [2.05, 4.69) is 0 Å². The van der Waals surface area contributed by atoms with Crippen molar-refractivity contribution >= 4 is 35.0 Å². The van der Waals surface area contributed by atoms with Gasteiger partial charge in [-0.05, 0) is 55.2 Å². The van der Waals surface area contributed by atoms with Crippen molar-refractivity contribution < 1.29 is 19.5 Å². The smallest absolute Gasteiger partial charge is 0.411 e. The monoisotopic (exact) mass is 421 g/mol. The van der Waals surface area contributed by atoms with Gasteiger partial charge in [0.2, 0.25) is 11.8 Å². The summed E-state index contributed by atoms with van der Waals surface area (Å²) in [5.41, 5.74) is 3.81. The third kappa shape index (κ3) is 3.87. The van der Waals surface area contributed by atoms with Crippen LogP contribution in [0, 0.1) is 0 Å². The van der Waals surface area contributed by atoms with Crippen LogP contribution >= 0.6 is 0 Å². The fraction of sp³-hybridized carbons (Fsp3) is 0.375. The second-order valence-corrected chi connectivity index (χ2v) is 8.16. The fourth-order valence-corrected chi connectivity index (χ4v) is 4.46. The first-order valence-corrected chi connectivity index (χ1v) is 10.8. The normalized spacial score (nSPS) is 18.3. The summed E-state index contributed by atoms with van der Waals surface area (Å²) in [5.74, 6) is 0.151. The van der Waals surface area contributed by atoms with Crippen LogP contribution in [0.2, 0.25) is 0 Å². The molecule has 2 aromatic carbocycles. The molecular weight excluding hydrogens is 394 g/mol. The number of nitrogens with zero attached hydrogens (tertiary/aromatic N) is 3. The number of carbonyl (C=O) groups excluding carboxylic acids is 2. The molecule has 1 N–H and O–H groups in total. The van der Waals surface area contributed by atoms with Gasteiger partial charge >= 0.3 is 6.09 Å². The molecule has 2 aromatic rings. The Morgan fingerprint density at radius 1 is 1.06 bits per heavy atom. The summed E-state index contributed by atoms with van der Waals surface area (Å²) in [6.45, 7) is 4.81. The lowest BCUT2D eigenvalue weighted by molar-refractivity contribution is -0.119. The zero-order chi connectivity index (χ0) is 22.1. The summed E-state index contributed by atoms with van der Waals surface area (Å²) in [6, 6.07) is 13.1. The van der Waals surface area contributed by atoms with E-state index in [1.165, 1.54) is 4.90 Å². The van der Waals surface area contributed by atoms with Gasteiger partial charge in [0, 0.05) is 31.6 Å². The quantitative estimate of drug-likeness (QED) is 0.788. The number of hydrogen-bond donors (Lipinski definition) is 1. The van der Waals surface area contributed by atoms with E-state index in [1.54, 1.807) is 9.80 Å². The van der Waals surface area contributed by atoms with E-state index in [-0.39, 0.29) is 24.4 Å². The molecule has 0 aliphatic carbocycles. The highest BCUT2D eigenvalue weighted by Gasteiger charge is 2.34. The number of rotatable bonds is 4. The standard InChI is InChI=1S/C24H27N3O4/c1-3-5-23(29)27-16(2)15-26(24(30)31)21-14-18(9-12-20(21)27)17-7-10-19(11-8-17)25-13-4-6-22(25)28/h7-12,14,16H,3-6,13,15H2,1-2H3,(H,30,31)/t16-/m0/s1. The molecule has 0 radical (unpaired) electrons. The van der Waals surface area contributed by atoms with Crippen LogP contribution in [0.5, 0.6) is 0 Å². The van der Waals surface area contributed by atoms with Gasteiger partial charge in [0.1, 0.15) is 0 Å². The SMILES string of the molecule is CCCC(=O)N1c2ccc(-c3ccc(N4CCCC4=O)cc3)cc2N(C(=O)O)C[C@@H]1C. The summed E-state index contributed by atoms with van der Waals surface area (Å²) in [4.78, 5) is 41.5. The Bertz CT molecular complexity index is 1020. The summed E-state index contributed by atoms with van der Waals surface area (Å²) < 4.78 is 0. The van der Waals surface area contributed by atoms with Gasteiger partial charge in [-0.15, -0.1) is 0 Å². The number of carbonyl (C=O) groups is 3. The average molecular weight is 421 g/mol. The molecule has 0 unspecified atom stereocenters. The highest BCUT2D eigenvalue weighted by atomic mass is 16.4. The lowest BCUT2D eigenvalue weighted by Gasteiger charge is -2.40. The fourth-order valence-electron chi connectivity index (χ4n) is 4.46. The molecule has 0 saturated carbocycles. The highest BCUT2D eigenvalue weighted by Crippen LogP contribution is 2.39. The molecule has 1 saturated heterocycles. The zero-order valence-corrected chi connectivity index (χ0v) is 17.9. The van der Waals surface area contributed by atoms with Gasteiger partial charge in [0.05, 0.1) is 17.4 Å². The van der Waals surface area contributed by atoms with Crippen LogP contribution < -0.4 is 14.7 Å². The van der Waals surface area contributed by atoms with Crippen LogP contribution in [-0.2, 0) is 9.59 Å². The zero-order valence-electron chi connectivity index (χ0n) is 17.9. The summed E-state index contributed by atoms with van der Waals surface area (Å²) in [7, 11) is 0. The maximum Gasteiger partial charge on any atom is 0.411 e. The van der Waals surface area contributed by atoms with E-state index in [0.717, 1.165) is 36.2 Å². The minimum atomic E-state index is -1.03. The van der Waals surface area contributed by atoms with Crippen molar-refractivity contribution in [2.75, 3.05) is 27.8 Å². The molecule has 7 nitrogen and oxygen atoms in total. The molecule has 1 fully saturated rings. The Kier molecular flexibility index (Phi) is 5.67. The Balaban J connectivity index is 1.70. The third-order valence-electron chi connectivity index (χ3n) is 5.96. The number of hydrogen-bond acceptors (Lipinski definition) is 3. The Hall–Kier alpha value is -3.35. The van der Waals surface area contributed by atoms with Gasteiger partial charge in [-0.1, -0.05) is 25.1 Å². The maximum atomic E-state index is 12.7. The van der Waals surface area contributed by atoms with Crippen molar-refractivity contribution in [1.29, 1.82) is 0 Å². The average Bonchev–Trinajstić information content (AvgIpc) is 3.18. The number of anilines is 3.